The fourth-order valence-corrected chi connectivity index (χ4v) is 2.57. The molecule has 1 aliphatic rings. The first kappa shape index (κ1) is 12.6. The molecule has 0 spiro atoms. The highest BCUT2D eigenvalue weighted by Crippen LogP contribution is 2.28. The van der Waals surface area contributed by atoms with Gasteiger partial charge in [0.1, 0.15) is 0 Å². The number of hydrogen-bond acceptors (Lipinski definition) is 2. The zero-order valence-corrected chi connectivity index (χ0v) is 11.0. The molecule has 0 bridgehead atoms. The lowest BCUT2D eigenvalue weighted by molar-refractivity contribution is 0.255. The minimum Gasteiger partial charge on any atom is -0.330 e. The van der Waals surface area contributed by atoms with E-state index in [0.717, 1.165) is 12.5 Å². The van der Waals surface area contributed by atoms with E-state index in [2.05, 4.69) is 43.1 Å². The van der Waals surface area contributed by atoms with E-state index < -0.39 is 0 Å². The van der Waals surface area contributed by atoms with Crippen LogP contribution >= 0.6 is 0 Å². The molecule has 2 N–H and O–H groups in total. The zero-order chi connectivity index (χ0) is 12.3. The second-order valence-corrected chi connectivity index (χ2v) is 5.38. The normalized spacial score (nSPS) is 20.4. The van der Waals surface area contributed by atoms with E-state index >= 15 is 0 Å². The molecule has 1 atom stereocenters. The quantitative estimate of drug-likeness (QED) is 0.868. The van der Waals surface area contributed by atoms with Crippen molar-refractivity contribution in [1.82, 2.24) is 4.90 Å². The lowest BCUT2D eigenvalue weighted by Gasteiger charge is -2.29. The van der Waals surface area contributed by atoms with E-state index in [1.807, 2.05) is 0 Å². The van der Waals surface area contributed by atoms with Gasteiger partial charge in [-0.1, -0.05) is 31.2 Å². The van der Waals surface area contributed by atoms with Crippen molar-refractivity contribution in [1.29, 1.82) is 0 Å². The summed E-state index contributed by atoms with van der Waals surface area (Å²) in [5.41, 5.74) is 8.57. The first-order valence-electron chi connectivity index (χ1n) is 6.69. The summed E-state index contributed by atoms with van der Waals surface area (Å²) < 4.78 is 0. The molecule has 0 radical (unpaired) electrons. The van der Waals surface area contributed by atoms with Gasteiger partial charge in [-0.3, -0.25) is 0 Å². The van der Waals surface area contributed by atoms with Gasteiger partial charge in [0.15, 0.2) is 0 Å². The lowest BCUT2D eigenvalue weighted by atomic mass is 9.88. The van der Waals surface area contributed by atoms with Crippen molar-refractivity contribution >= 4 is 0 Å². The van der Waals surface area contributed by atoms with Crippen LogP contribution in [-0.4, -0.2) is 31.6 Å². The van der Waals surface area contributed by atoms with Crippen LogP contribution in [0.5, 0.6) is 0 Å². The Bertz CT molecular complexity index is 336. The molecule has 94 valence electrons. The molecule has 0 aromatic heterocycles. The maximum absolute atomic E-state index is 5.69. The summed E-state index contributed by atoms with van der Waals surface area (Å²) in [5, 5.41) is 0. The molecule has 0 saturated carbocycles. The summed E-state index contributed by atoms with van der Waals surface area (Å²) in [6.07, 6.45) is 2.59. The van der Waals surface area contributed by atoms with Crippen molar-refractivity contribution in [3.8, 4) is 0 Å². The summed E-state index contributed by atoms with van der Waals surface area (Å²) in [6, 6.07) is 9.12. The molecule has 1 saturated heterocycles. The zero-order valence-electron chi connectivity index (χ0n) is 11.0. The van der Waals surface area contributed by atoms with Crippen LogP contribution in [-0.2, 0) is 0 Å². The topological polar surface area (TPSA) is 29.3 Å². The van der Waals surface area contributed by atoms with Gasteiger partial charge in [0, 0.05) is 0 Å². The number of nitrogens with zero attached hydrogens (tertiary/aromatic N) is 1. The molecule has 0 amide bonds. The Labute approximate surface area is 105 Å². The van der Waals surface area contributed by atoms with Crippen LogP contribution < -0.4 is 5.73 Å². The minimum absolute atomic E-state index is 0.474. The molecule has 1 aromatic carbocycles. The Morgan fingerprint density at radius 3 is 2.35 bits per heavy atom. The molecule has 17 heavy (non-hydrogen) atoms. The summed E-state index contributed by atoms with van der Waals surface area (Å²) in [6.45, 7) is 5.37. The average molecular weight is 232 g/mol. The smallest absolute Gasteiger partial charge is 0.00109 e. The highest BCUT2D eigenvalue weighted by molar-refractivity contribution is 5.28. The van der Waals surface area contributed by atoms with Gasteiger partial charge in [0.25, 0.3) is 0 Å². The van der Waals surface area contributed by atoms with Gasteiger partial charge in [-0.25, -0.2) is 0 Å². The van der Waals surface area contributed by atoms with Gasteiger partial charge >= 0.3 is 0 Å². The third-order valence-corrected chi connectivity index (χ3v) is 4.05. The Morgan fingerprint density at radius 2 is 1.82 bits per heavy atom. The Kier molecular flexibility index (Phi) is 4.19. The predicted octanol–water partition coefficient (Wildman–Crippen LogP) is 2.56. The average Bonchev–Trinajstić information content (AvgIpc) is 2.39. The largest absolute Gasteiger partial charge is 0.330 e. The van der Waals surface area contributed by atoms with Crippen LogP contribution in [0.25, 0.3) is 0 Å². The monoisotopic (exact) mass is 232 g/mol. The van der Waals surface area contributed by atoms with E-state index in [1.165, 1.54) is 37.1 Å². The third kappa shape index (κ3) is 3.08. The van der Waals surface area contributed by atoms with Gasteiger partial charge in [0.2, 0.25) is 0 Å². The standard InChI is InChI=1S/C15H24N2/c1-12(11-16)13-3-5-14(6-4-13)15-7-9-17(2)10-8-15/h3-6,12,15H,7-11,16H2,1-2H3. The van der Waals surface area contributed by atoms with Crippen LogP contribution in [0.1, 0.15) is 42.7 Å². The predicted molar refractivity (Wildman–Crippen MR) is 73.4 cm³/mol. The van der Waals surface area contributed by atoms with Crippen molar-refractivity contribution in [2.45, 2.75) is 31.6 Å². The fourth-order valence-electron chi connectivity index (χ4n) is 2.57. The number of benzene rings is 1. The van der Waals surface area contributed by atoms with E-state index in [1.54, 1.807) is 0 Å². The summed E-state index contributed by atoms with van der Waals surface area (Å²) in [4.78, 5) is 2.42. The molecule has 0 aliphatic carbocycles. The molecule has 1 heterocycles. The van der Waals surface area contributed by atoms with Crippen LogP contribution in [0.2, 0.25) is 0 Å². The summed E-state index contributed by atoms with van der Waals surface area (Å²) in [7, 11) is 2.21. The number of nitrogens with two attached hydrogens (primary N) is 1. The molecule has 2 rings (SSSR count). The molecule has 1 fully saturated rings. The molecule has 2 nitrogen and oxygen atoms in total. The number of rotatable bonds is 3. The maximum Gasteiger partial charge on any atom is -0.00109 e. The highest BCUT2D eigenvalue weighted by Gasteiger charge is 2.18. The Hall–Kier alpha value is -0.860. The van der Waals surface area contributed by atoms with E-state index in [9.17, 15) is 0 Å². The summed E-state index contributed by atoms with van der Waals surface area (Å²) >= 11 is 0. The molecule has 2 heteroatoms. The minimum atomic E-state index is 0.474. The molecule has 1 unspecified atom stereocenters. The van der Waals surface area contributed by atoms with Crippen molar-refractivity contribution in [3.05, 3.63) is 35.4 Å². The van der Waals surface area contributed by atoms with Gasteiger partial charge in [-0.2, -0.15) is 0 Å². The van der Waals surface area contributed by atoms with Gasteiger partial charge in [-0.05, 0) is 62.5 Å². The van der Waals surface area contributed by atoms with E-state index in [4.69, 9.17) is 5.73 Å². The van der Waals surface area contributed by atoms with Gasteiger partial charge in [-0.15, -0.1) is 0 Å². The van der Waals surface area contributed by atoms with Gasteiger partial charge < -0.3 is 10.6 Å². The van der Waals surface area contributed by atoms with E-state index in [0.29, 0.717) is 5.92 Å². The second-order valence-electron chi connectivity index (χ2n) is 5.38. The Balaban J connectivity index is 2.02. The molecular weight excluding hydrogens is 208 g/mol. The summed E-state index contributed by atoms with van der Waals surface area (Å²) in [5.74, 6) is 1.23. The lowest BCUT2D eigenvalue weighted by Crippen LogP contribution is -2.29. The fraction of sp³-hybridized carbons (Fsp3) is 0.600. The van der Waals surface area contributed by atoms with Crippen LogP contribution in [0.3, 0.4) is 0 Å². The Morgan fingerprint density at radius 1 is 1.24 bits per heavy atom. The van der Waals surface area contributed by atoms with Crippen molar-refractivity contribution in [3.63, 3.8) is 0 Å². The van der Waals surface area contributed by atoms with E-state index in [-0.39, 0.29) is 0 Å². The van der Waals surface area contributed by atoms with Crippen molar-refractivity contribution < 1.29 is 0 Å². The third-order valence-electron chi connectivity index (χ3n) is 4.05. The van der Waals surface area contributed by atoms with Crippen LogP contribution in [0.4, 0.5) is 0 Å². The van der Waals surface area contributed by atoms with Crippen molar-refractivity contribution in [2.24, 2.45) is 5.73 Å². The number of piperidine rings is 1. The first-order valence-corrected chi connectivity index (χ1v) is 6.69. The molecular formula is C15H24N2. The first-order chi connectivity index (χ1) is 8.20. The SMILES string of the molecule is CC(CN)c1ccc(C2CCN(C)CC2)cc1. The van der Waals surface area contributed by atoms with Crippen molar-refractivity contribution in [2.75, 3.05) is 26.7 Å². The number of hydrogen-bond donors (Lipinski definition) is 1. The molecule has 1 aromatic rings. The number of likely N-dealkylation sites (tertiary alicyclic amines) is 1. The van der Waals surface area contributed by atoms with Gasteiger partial charge in [0.05, 0.1) is 0 Å². The highest BCUT2D eigenvalue weighted by atomic mass is 15.1. The van der Waals surface area contributed by atoms with Crippen LogP contribution in [0, 0.1) is 0 Å². The second kappa shape index (κ2) is 5.65. The maximum atomic E-state index is 5.69. The molecule has 1 aliphatic heterocycles. The van der Waals surface area contributed by atoms with Crippen LogP contribution in [0.15, 0.2) is 24.3 Å².